The maximum absolute atomic E-state index is 13.1. The number of morpholine rings is 1. The normalized spacial score (nSPS) is 18.8. The van der Waals surface area contributed by atoms with Crippen LogP contribution in [0.25, 0.3) is 0 Å². The van der Waals surface area contributed by atoms with Gasteiger partial charge < -0.3 is 9.64 Å². The molecule has 2 rings (SSSR count). The molecule has 2 heterocycles. The first-order valence-corrected chi connectivity index (χ1v) is 6.01. The summed E-state index contributed by atoms with van der Waals surface area (Å²) in [4.78, 5) is 17.5. The molecule has 18 heavy (non-hydrogen) atoms. The fourth-order valence-corrected chi connectivity index (χ4v) is 2.12. The number of carbonyl (C=O) groups is 1. The third-order valence-electron chi connectivity index (χ3n) is 2.75. The van der Waals surface area contributed by atoms with Crippen molar-refractivity contribution in [3.8, 4) is 0 Å². The Bertz CT molecular complexity index is 479. The van der Waals surface area contributed by atoms with Crippen LogP contribution in [0.4, 0.5) is 4.39 Å². The second-order valence-corrected chi connectivity index (χ2v) is 5.18. The molecule has 0 radical (unpaired) electrons. The van der Waals surface area contributed by atoms with Gasteiger partial charge in [-0.05, 0) is 19.9 Å². The van der Waals surface area contributed by atoms with Crippen LogP contribution in [-0.2, 0) is 4.74 Å². The van der Waals surface area contributed by atoms with E-state index < -0.39 is 11.4 Å². The molecule has 1 aliphatic rings. The number of carbonyl (C=O) groups excluding carboxylic acids is 1. The van der Waals surface area contributed by atoms with E-state index >= 15 is 0 Å². The van der Waals surface area contributed by atoms with Gasteiger partial charge in [-0.2, -0.15) is 0 Å². The minimum atomic E-state index is -0.574. The molecular weight excluding hydrogens is 259 g/mol. The van der Waals surface area contributed by atoms with Crippen LogP contribution in [0.3, 0.4) is 0 Å². The van der Waals surface area contributed by atoms with E-state index in [1.807, 2.05) is 13.8 Å². The first-order valence-electron chi connectivity index (χ1n) is 5.63. The molecule has 4 nitrogen and oxygen atoms in total. The van der Waals surface area contributed by atoms with Crippen LogP contribution in [0.15, 0.2) is 12.3 Å². The molecule has 1 aromatic heterocycles. The zero-order chi connectivity index (χ0) is 13.3. The predicted octanol–water partition coefficient (Wildman–Crippen LogP) is 2.13. The molecule has 1 aliphatic heterocycles. The summed E-state index contributed by atoms with van der Waals surface area (Å²) in [6, 6.07) is 1.11. The predicted molar refractivity (Wildman–Crippen MR) is 65.1 cm³/mol. The number of amides is 1. The van der Waals surface area contributed by atoms with Crippen LogP contribution >= 0.6 is 11.6 Å². The highest BCUT2D eigenvalue weighted by atomic mass is 35.5. The quantitative estimate of drug-likeness (QED) is 0.736. The number of nitrogens with zero attached hydrogens (tertiary/aromatic N) is 2. The van der Waals surface area contributed by atoms with Gasteiger partial charge in [0.1, 0.15) is 11.0 Å². The Labute approximate surface area is 110 Å². The molecule has 0 spiro atoms. The van der Waals surface area contributed by atoms with Crippen molar-refractivity contribution in [3.63, 3.8) is 0 Å². The van der Waals surface area contributed by atoms with Crippen molar-refractivity contribution in [2.75, 3.05) is 19.7 Å². The van der Waals surface area contributed by atoms with Crippen molar-refractivity contribution in [2.45, 2.75) is 19.4 Å². The number of pyridine rings is 1. The lowest BCUT2D eigenvalue weighted by atomic mass is 10.1. The molecule has 0 bridgehead atoms. The van der Waals surface area contributed by atoms with Crippen molar-refractivity contribution in [1.29, 1.82) is 0 Å². The third-order valence-corrected chi connectivity index (χ3v) is 3.05. The van der Waals surface area contributed by atoms with Crippen LogP contribution in [0.5, 0.6) is 0 Å². The van der Waals surface area contributed by atoms with E-state index in [1.54, 1.807) is 4.90 Å². The summed E-state index contributed by atoms with van der Waals surface area (Å²) in [5, 5.41) is 0.0192. The molecular formula is C12H14ClFN2O2. The van der Waals surface area contributed by atoms with E-state index in [9.17, 15) is 9.18 Å². The minimum Gasteiger partial charge on any atom is -0.372 e. The molecule has 1 aromatic rings. The van der Waals surface area contributed by atoms with Crippen molar-refractivity contribution >= 4 is 17.5 Å². The van der Waals surface area contributed by atoms with E-state index in [2.05, 4.69) is 4.98 Å². The summed E-state index contributed by atoms with van der Waals surface area (Å²) < 4.78 is 18.6. The van der Waals surface area contributed by atoms with Gasteiger partial charge in [0.25, 0.3) is 5.91 Å². The highest BCUT2D eigenvalue weighted by Crippen LogP contribution is 2.21. The molecule has 0 unspecified atom stereocenters. The van der Waals surface area contributed by atoms with Gasteiger partial charge in [0.15, 0.2) is 0 Å². The molecule has 0 N–H and O–H groups in total. The maximum atomic E-state index is 13.1. The van der Waals surface area contributed by atoms with Gasteiger partial charge in [-0.25, -0.2) is 9.37 Å². The van der Waals surface area contributed by atoms with Gasteiger partial charge in [-0.15, -0.1) is 0 Å². The van der Waals surface area contributed by atoms with Gasteiger partial charge in [-0.1, -0.05) is 11.6 Å². The Balaban J connectivity index is 2.23. The number of hydrogen-bond acceptors (Lipinski definition) is 3. The van der Waals surface area contributed by atoms with E-state index in [4.69, 9.17) is 16.3 Å². The number of rotatable bonds is 1. The molecule has 0 saturated carbocycles. The van der Waals surface area contributed by atoms with E-state index in [0.29, 0.717) is 19.7 Å². The lowest BCUT2D eigenvalue weighted by Crippen LogP contribution is -2.50. The van der Waals surface area contributed by atoms with Gasteiger partial charge >= 0.3 is 0 Å². The van der Waals surface area contributed by atoms with Gasteiger partial charge in [0.2, 0.25) is 0 Å². The van der Waals surface area contributed by atoms with Crippen LogP contribution in [0, 0.1) is 5.82 Å². The van der Waals surface area contributed by atoms with Crippen molar-refractivity contribution < 1.29 is 13.9 Å². The number of halogens is 2. The van der Waals surface area contributed by atoms with E-state index in [-0.39, 0.29) is 16.6 Å². The largest absolute Gasteiger partial charge is 0.372 e. The molecule has 6 heteroatoms. The summed E-state index contributed by atoms with van der Waals surface area (Å²) in [6.45, 7) is 5.17. The first-order chi connectivity index (χ1) is 8.39. The number of aromatic nitrogens is 1. The molecule has 98 valence electrons. The Morgan fingerprint density at radius 2 is 2.33 bits per heavy atom. The second kappa shape index (κ2) is 4.82. The first kappa shape index (κ1) is 13.2. The molecule has 1 saturated heterocycles. The Morgan fingerprint density at radius 3 is 3.00 bits per heavy atom. The molecule has 0 aromatic carbocycles. The van der Waals surface area contributed by atoms with Crippen molar-refractivity contribution in [1.82, 2.24) is 9.88 Å². The fraction of sp³-hybridized carbons (Fsp3) is 0.500. The number of hydrogen-bond donors (Lipinski definition) is 0. The summed E-state index contributed by atoms with van der Waals surface area (Å²) in [5.41, 5.74) is -0.310. The highest BCUT2D eigenvalue weighted by Gasteiger charge is 2.31. The summed E-state index contributed by atoms with van der Waals surface area (Å²) in [7, 11) is 0. The van der Waals surface area contributed by atoms with Crippen LogP contribution in [-0.4, -0.2) is 41.1 Å². The molecule has 1 amide bonds. The van der Waals surface area contributed by atoms with Crippen LogP contribution < -0.4 is 0 Å². The van der Waals surface area contributed by atoms with Crippen molar-refractivity contribution in [3.05, 3.63) is 28.8 Å². The van der Waals surface area contributed by atoms with E-state index in [1.165, 1.54) is 0 Å². The van der Waals surface area contributed by atoms with Gasteiger partial charge in [-0.3, -0.25) is 4.79 Å². The Morgan fingerprint density at radius 1 is 1.61 bits per heavy atom. The van der Waals surface area contributed by atoms with Crippen LogP contribution in [0.2, 0.25) is 5.15 Å². The van der Waals surface area contributed by atoms with Crippen molar-refractivity contribution in [2.24, 2.45) is 0 Å². The molecule has 0 atom stereocenters. The summed E-state index contributed by atoms with van der Waals surface area (Å²) in [6.07, 6.45) is 0.988. The average molecular weight is 273 g/mol. The highest BCUT2D eigenvalue weighted by molar-refractivity contribution is 6.32. The fourth-order valence-electron chi connectivity index (χ4n) is 1.93. The van der Waals surface area contributed by atoms with E-state index in [0.717, 1.165) is 12.3 Å². The lowest BCUT2D eigenvalue weighted by molar-refractivity contribution is -0.0764. The van der Waals surface area contributed by atoms with Crippen LogP contribution in [0.1, 0.15) is 24.2 Å². The summed E-state index contributed by atoms with van der Waals surface area (Å²) in [5.74, 6) is -0.890. The lowest BCUT2D eigenvalue weighted by Gasteiger charge is -2.38. The SMILES string of the molecule is CC1(C)CN(C(=O)c2cc(F)cnc2Cl)CCO1. The standard InChI is InChI=1S/C12H14ClFN2O2/c1-12(2)7-16(3-4-18-12)11(17)9-5-8(14)6-15-10(9)13/h5-6H,3-4,7H2,1-2H3. The maximum Gasteiger partial charge on any atom is 0.257 e. The summed E-state index contributed by atoms with van der Waals surface area (Å²) >= 11 is 5.82. The molecule has 1 fully saturated rings. The second-order valence-electron chi connectivity index (χ2n) is 4.83. The minimum absolute atomic E-state index is 0.0192. The zero-order valence-electron chi connectivity index (χ0n) is 10.2. The van der Waals surface area contributed by atoms with Gasteiger partial charge in [0, 0.05) is 13.1 Å². The average Bonchev–Trinajstić information content (AvgIpc) is 2.30. The smallest absolute Gasteiger partial charge is 0.257 e. The Hall–Kier alpha value is -1.20. The Kier molecular flexibility index (Phi) is 3.54. The monoisotopic (exact) mass is 272 g/mol. The zero-order valence-corrected chi connectivity index (χ0v) is 11.0. The van der Waals surface area contributed by atoms with Gasteiger partial charge in [0.05, 0.1) is 24.0 Å². The number of ether oxygens (including phenoxy) is 1. The molecule has 0 aliphatic carbocycles. The third kappa shape index (κ3) is 2.79. The topological polar surface area (TPSA) is 42.4 Å².